The lowest BCUT2D eigenvalue weighted by molar-refractivity contribution is 0.100. The predicted molar refractivity (Wildman–Crippen MR) is 76.8 cm³/mol. The standard InChI is InChI=1S/C14H13N2O3S/c1-9-5-10(3-4-13(9)17)11-6-12(8-15-7-11)14(18)16-20(2)19/h3-8,17H,1-2H3/q-1. The molecule has 0 saturated carbocycles. The van der Waals surface area contributed by atoms with E-state index in [-0.39, 0.29) is 11.3 Å². The SMILES string of the molecule is Cc1cc(-c2cncc(C(=O)N=[S-](C)=O)c2)ccc1O. The molecular weight excluding hydrogens is 276 g/mol. The number of benzene rings is 1. The third kappa shape index (κ3) is 3.21. The third-order valence-corrected chi connectivity index (χ3v) is 3.15. The third-order valence-electron chi connectivity index (χ3n) is 2.73. The van der Waals surface area contributed by atoms with Crippen molar-refractivity contribution in [3.8, 4) is 16.9 Å². The zero-order chi connectivity index (χ0) is 14.7. The van der Waals surface area contributed by atoms with Gasteiger partial charge in [-0.15, -0.1) is 6.26 Å². The van der Waals surface area contributed by atoms with Crippen LogP contribution >= 0.6 is 0 Å². The van der Waals surface area contributed by atoms with E-state index >= 15 is 0 Å². The largest absolute Gasteiger partial charge is 0.508 e. The Labute approximate surface area is 118 Å². The number of carbonyl (C=O) groups is 1. The lowest BCUT2D eigenvalue weighted by Gasteiger charge is -2.06. The highest BCUT2D eigenvalue weighted by atomic mass is 32.2. The fourth-order valence-corrected chi connectivity index (χ4v) is 2.06. The zero-order valence-electron chi connectivity index (χ0n) is 11.0. The Hall–Kier alpha value is -2.21. The van der Waals surface area contributed by atoms with Crippen LogP contribution in [0.25, 0.3) is 11.1 Å². The van der Waals surface area contributed by atoms with Gasteiger partial charge in [-0.2, -0.15) is 10.6 Å². The molecule has 0 bridgehead atoms. The second kappa shape index (κ2) is 5.83. The Bertz CT molecular complexity index is 750. The molecule has 2 aromatic rings. The monoisotopic (exact) mass is 289 g/mol. The molecule has 0 fully saturated rings. The van der Waals surface area contributed by atoms with Gasteiger partial charge in [0.1, 0.15) is 5.75 Å². The molecule has 0 saturated heterocycles. The highest BCUT2D eigenvalue weighted by Gasteiger charge is 2.06. The van der Waals surface area contributed by atoms with E-state index in [0.717, 1.165) is 16.7 Å². The summed E-state index contributed by atoms with van der Waals surface area (Å²) in [5.74, 6) is -0.346. The molecule has 104 valence electrons. The molecule has 6 heteroatoms. The summed E-state index contributed by atoms with van der Waals surface area (Å²) >= 11 is 0. The Balaban J connectivity index is 2.44. The van der Waals surface area contributed by atoms with Gasteiger partial charge in [-0.25, -0.2) is 0 Å². The molecule has 0 aliphatic heterocycles. The van der Waals surface area contributed by atoms with Crippen LogP contribution in [0.4, 0.5) is 0 Å². The fourth-order valence-electron chi connectivity index (χ4n) is 1.72. The average Bonchev–Trinajstić information content (AvgIpc) is 2.41. The molecule has 20 heavy (non-hydrogen) atoms. The van der Waals surface area contributed by atoms with E-state index in [1.54, 1.807) is 37.4 Å². The molecule has 1 heterocycles. The first kappa shape index (κ1) is 14.2. The second-order valence-corrected chi connectivity index (χ2v) is 5.31. The molecule has 0 radical (unpaired) electrons. The maximum Gasteiger partial charge on any atom is 0.255 e. The van der Waals surface area contributed by atoms with Crippen molar-refractivity contribution < 1.29 is 14.1 Å². The molecule has 1 N–H and O–H groups in total. The molecule has 2 rings (SSSR count). The molecule has 0 aliphatic rings. The summed E-state index contributed by atoms with van der Waals surface area (Å²) < 4.78 is 14.4. The number of aryl methyl sites for hydroxylation is 1. The van der Waals surface area contributed by atoms with Crippen LogP contribution in [0.1, 0.15) is 15.9 Å². The molecule has 0 aliphatic carbocycles. The number of hydrogen-bond donors (Lipinski definition) is 1. The van der Waals surface area contributed by atoms with Crippen LogP contribution < -0.4 is 0 Å². The molecule has 5 nitrogen and oxygen atoms in total. The van der Waals surface area contributed by atoms with Gasteiger partial charge < -0.3 is 13.7 Å². The maximum absolute atomic E-state index is 11.7. The van der Waals surface area contributed by atoms with Crippen LogP contribution in [0, 0.1) is 6.92 Å². The second-order valence-electron chi connectivity index (χ2n) is 4.28. The van der Waals surface area contributed by atoms with Crippen LogP contribution in [0.15, 0.2) is 41.0 Å². The molecule has 1 aromatic heterocycles. The molecule has 0 spiro atoms. The first-order valence-electron chi connectivity index (χ1n) is 5.82. The Morgan fingerprint density at radius 3 is 2.65 bits per heavy atom. The summed E-state index contributed by atoms with van der Waals surface area (Å²) in [5, 5.41) is 9.51. The first-order valence-corrected chi connectivity index (χ1v) is 7.33. The van der Waals surface area contributed by atoms with Gasteiger partial charge >= 0.3 is 0 Å². The van der Waals surface area contributed by atoms with E-state index in [0.29, 0.717) is 0 Å². The summed E-state index contributed by atoms with van der Waals surface area (Å²) in [6.45, 7) is 1.79. The van der Waals surface area contributed by atoms with Gasteiger partial charge in [0.2, 0.25) is 0 Å². The lowest BCUT2D eigenvalue weighted by Crippen LogP contribution is -1.96. The fraction of sp³-hybridized carbons (Fsp3) is 0.143. The van der Waals surface area contributed by atoms with E-state index in [2.05, 4.69) is 9.35 Å². The summed E-state index contributed by atoms with van der Waals surface area (Å²) in [6.07, 6.45) is 4.33. The average molecular weight is 289 g/mol. The number of aromatic hydroxyl groups is 1. The Kier molecular flexibility index (Phi) is 4.14. The molecular formula is C14H13N2O3S-. The lowest BCUT2D eigenvalue weighted by atomic mass is 10.0. The first-order chi connectivity index (χ1) is 9.47. The van der Waals surface area contributed by atoms with Crippen LogP contribution in [0.2, 0.25) is 0 Å². The number of nitrogens with zero attached hydrogens (tertiary/aromatic N) is 2. The van der Waals surface area contributed by atoms with Crippen molar-refractivity contribution in [2.75, 3.05) is 6.26 Å². The van der Waals surface area contributed by atoms with Crippen LogP contribution in [-0.4, -0.2) is 22.3 Å². The maximum atomic E-state index is 11.7. The highest BCUT2D eigenvalue weighted by molar-refractivity contribution is 7.74. The summed E-state index contributed by atoms with van der Waals surface area (Å²) in [4.78, 5) is 15.7. The van der Waals surface area contributed by atoms with Gasteiger partial charge in [0, 0.05) is 18.0 Å². The van der Waals surface area contributed by atoms with Crippen molar-refractivity contribution in [2.24, 2.45) is 4.36 Å². The number of carbonyl (C=O) groups excluding carboxylic acids is 1. The summed E-state index contributed by atoms with van der Waals surface area (Å²) in [7, 11) is -1.54. The number of phenolic OH excluding ortho intramolecular Hbond substituents is 1. The quantitative estimate of drug-likeness (QED) is 0.862. The van der Waals surface area contributed by atoms with Crippen molar-refractivity contribution in [3.05, 3.63) is 47.8 Å². The smallest absolute Gasteiger partial charge is 0.255 e. The van der Waals surface area contributed by atoms with Gasteiger partial charge in [0.15, 0.2) is 0 Å². The normalized spacial score (nSPS) is 12.3. The van der Waals surface area contributed by atoms with Gasteiger partial charge in [-0.05, 0) is 36.2 Å². The van der Waals surface area contributed by atoms with E-state index in [1.807, 2.05) is 0 Å². The number of rotatable bonds is 2. The van der Waals surface area contributed by atoms with Gasteiger partial charge in [-0.3, -0.25) is 9.78 Å². The zero-order valence-corrected chi connectivity index (χ0v) is 11.8. The van der Waals surface area contributed by atoms with Crippen molar-refractivity contribution >= 4 is 16.5 Å². The predicted octanol–water partition coefficient (Wildman–Crippen LogP) is 2.68. The van der Waals surface area contributed by atoms with Gasteiger partial charge in [0.25, 0.3) is 5.91 Å². The Morgan fingerprint density at radius 1 is 1.25 bits per heavy atom. The van der Waals surface area contributed by atoms with Crippen molar-refractivity contribution in [2.45, 2.75) is 6.92 Å². The number of aromatic nitrogens is 1. The summed E-state index contributed by atoms with van der Waals surface area (Å²) in [5.41, 5.74) is 2.58. The molecule has 1 amide bonds. The molecule has 1 aromatic carbocycles. The molecule has 0 unspecified atom stereocenters. The van der Waals surface area contributed by atoms with Crippen LogP contribution in [0.3, 0.4) is 0 Å². The number of amides is 1. The minimum atomic E-state index is -1.54. The van der Waals surface area contributed by atoms with Crippen molar-refractivity contribution in [1.82, 2.24) is 4.98 Å². The molecule has 0 atom stereocenters. The minimum absolute atomic E-state index is 0.213. The van der Waals surface area contributed by atoms with E-state index in [4.69, 9.17) is 0 Å². The number of phenols is 1. The van der Waals surface area contributed by atoms with Crippen molar-refractivity contribution in [1.29, 1.82) is 0 Å². The number of hydrogen-bond acceptors (Lipinski definition) is 5. The van der Waals surface area contributed by atoms with E-state index < -0.39 is 16.5 Å². The van der Waals surface area contributed by atoms with Gasteiger partial charge in [-0.1, -0.05) is 6.07 Å². The van der Waals surface area contributed by atoms with E-state index in [1.165, 1.54) is 12.5 Å². The van der Waals surface area contributed by atoms with Crippen LogP contribution in [-0.2, 0) is 14.8 Å². The topological polar surface area (TPSA) is 79.6 Å². The minimum Gasteiger partial charge on any atom is -0.508 e. The number of pyridine rings is 1. The van der Waals surface area contributed by atoms with Crippen LogP contribution in [0.5, 0.6) is 5.75 Å². The Morgan fingerprint density at radius 2 is 2.00 bits per heavy atom. The van der Waals surface area contributed by atoms with Gasteiger partial charge in [0.05, 0.1) is 5.56 Å². The highest BCUT2D eigenvalue weighted by Crippen LogP contribution is 2.25. The van der Waals surface area contributed by atoms with E-state index in [9.17, 15) is 14.1 Å². The summed E-state index contributed by atoms with van der Waals surface area (Å²) in [6, 6.07) is 6.76. The van der Waals surface area contributed by atoms with Crippen molar-refractivity contribution in [3.63, 3.8) is 0 Å².